The molecule has 3 heterocycles. The average molecular weight is 261 g/mol. The summed E-state index contributed by atoms with van der Waals surface area (Å²) in [5, 5.41) is 9.26. The minimum absolute atomic E-state index is 0.509. The summed E-state index contributed by atoms with van der Waals surface area (Å²) in [4.78, 5) is 25.9. The van der Waals surface area contributed by atoms with Gasteiger partial charge in [-0.2, -0.15) is 0 Å². The maximum Gasteiger partial charge on any atom is 0.326 e. The van der Waals surface area contributed by atoms with Gasteiger partial charge in [0.2, 0.25) is 0 Å². The van der Waals surface area contributed by atoms with Crippen LogP contribution in [0, 0.1) is 0 Å². The van der Waals surface area contributed by atoms with Gasteiger partial charge in [-0.25, -0.2) is 19.7 Å². The number of aryl methyl sites for hydroxylation is 1. The summed E-state index contributed by atoms with van der Waals surface area (Å²) in [5.74, 6) is -0.179. The number of hydrogen-bond donors (Lipinski definition) is 1. The number of nitrogens with zero attached hydrogens (tertiary/aromatic N) is 5. The van der Waals surface area contributed by atoms with E-state index in [1.54, 1.807) is 6.33 Å². The molecule has 3 rings (SSSR count). The van der Waals surface area contributed by atoms with Crippen LogP contribution in [0.15, 0.2) is 12.7 Å². The summed E-state index contributed by atoms with van der Waals surface area (Å²) >= 11 is 0. The van der Waals surface area contributed by atoms with Crippen molar-refractivity contribution in [2.75, 3.05) is 11.4 Å². The third-order valence-electron chi connectivity index (χ3n) is 3.53. The second-order valence-electron chi connectivity index (χ2n) is 4.59. The maximum atomic E-state index is 11.3. The van der Waals surface area contributed by atoms with Crippen LogP contribution in [-0.4, -0.2) is 43.2 Å². The molecule has 0 spiro atoms. The second-order valence-corrected chi connectivity index (χ2v) is 4.59. The summed E-state index contributed by atoms with van der Waals surface area (Å²) in [7, 11) is 0. The number of carboxylic acids is 1. The number of fused-ring (bicyclic) bond motifs is 1. The van der Waals surface area contributed by atoms with Crippen molar-refractivity contribution in [1.82, 2.24) is 19.5 Å². The smallest absolute Gasteiger partial charge is 0.326 e. The largest absolute Gasteiger partial charge is 0.480 e. The Labute approximate surface area is 109 Å². The van der Waals surface area contributed by atoms with Crippen LogP contribution < -0.4 is 4.90 Å². The summed E-state index contributed by atoms with van der Waals surface area (Å²) in [6, 6.07) is -0.509. The fourth-order valence-corrected chi connectivity index (χ4v) is 2.59. The minimum atomic E-state index is -0.806. The maximum absolute atomic E-state index is 11.3. The zero-order valence-corrected chi connectivity index (χ0v) is 10.7. The van der Waals surface area contributed by atoms with Crippen molar-refractivity contribution in [3.63, 3.8) is 0 Å². The Balaban J connectivity index is 2.10. The van der Waals surface area contributed by atoms with Crippen molar-refractivity contribution in [2.24, 2.45) is 0 Å². The molecule has 7 heteroatoms. The molecule has 0 saturated carbocycles. The summed E-state index contributed by atoms with van der Waals surface area (Å²) in [5.41, 5.74) is 1.43. The average Bonchev–Trinajstić information content (AvgIpc) is 3.04. The Morgan fingerprint density at radius 1 is 1.47 bits per heavy atom. The summed E-state index contributed by atoms with van der Waals surface area (Å²) in [6.07, 6.45) is 4.70. The van der Waals surface area contributed by atoms with Gasteiger partial charge in [0, 0.05) is 13.1 Å². The Hall–Kier alpha value is -2.18. The van der Waals surface area contributed by atoms with Gasteiger partial charge in [-0.1, -0.05) is 0 Å². The van der Waals surface area contributed by atoms with E-state index in [0.717, 1.165) is 18.6 Å². The van der Waals surface area contributed by atoms with Gasteiger partial charge in [0.1, 0.15) is 12.4 Å². The molecule has 7 nitrogen and oxygen atoms in total. The van der Waals surface area contributed by atoms with E-state index in [0.29, 0.717) is 24.3 Å². The Morgan fingerprint density at radius 2 is 2.32 bits per heavy atom. The lowest BCUT2D eigenvalue weighted by molar-refractivity contribution is -0.138. The first kappa shape index (κ1) is 11.9. The van der Waals surface area contributed by atoms with E-state index in [1.165, 1.54) is 6.33 Å². The van der Waals surface area contributed by atoms with Gasteiger partial charge in [0.05, 0.1) is 6.33 Å². The molecular weight excluding hydrogens is 246 g/mol. The van der Waals surface area contributed by atoms with Crippen molar-refractivity contribution < 1.29 is 9.90 Å². The molecule has 0 bridgehead atoms. The van der Waals surface area contributed by atoms with Crippen LogP contribution in [0.2, 0.25) is 0 Å². The van der Waals surface area contributed by atoms with Gasteiger partial charge in [-0.15, -0.1) is 0 Å². The van der Waals surface area contributed by atoms with E-state index in [4.69, 9.17) is 0 Å². The number of aliphatic carboxylic acids is 1. The lowest BCUT2D eigenvalue weighted by atomic mass is 10.2. The fraction of sp³-hybridized carbons (Fsp3) is 0.500. The van der Waals surface area contributed by atoms with Crippen molar-refractivity contribution in [1.29, 1.82) is 0 Å². The molecule has 0 aromatic carbocycles. The van der Waals surface area contributed by atoms with Crippen LogP contribution >= 0.6 is 0 Å². The molecule has 1 aliphatic heterocycles. The normalized spacial score (nSPS) is 19.2. The molecule has 0 amide bonds. The van der Waals surface area contributed by atoms with Crippen LogP contribution in [0.4, 0.5) is 5.82 Å². The Bertz CT molecular complexity index is 624. The zero-order chi connectivity index (χ0) is 13.4. The molecule has 1 fully saturated rings. The topological polar surface area (TPSA) is 84.1 Å². The zero-order valence-electron chi connectivity index (χ0n) is 10.7. The lowest BCUT2D eigenvalue weighted by Crippen LogP contribution is -2.36. The van der Waals surface area contributed by atoms with Crippen LogP contribution in [0.1, 0.15) is 19.8 Å². The standard InChI is InChI=1S/C12H15N5O2/c1-2-16-7-15-9-10(16)13-6-14-11(9)17-5-3-4-8(17)12(18)19/h6-8H,2-5H2,1H3,(H,18,19). The Morgan fingerprint density at radius 3 is 3.05 bits per heavy atom. The third-order valence-corrected chi connectivity index (χ3v) is 3.53. The number of imidazole rings is 1. The summed E-state index contributed by atoms with van der Waals surface area (Å²) < 4.78 is 1.92. The first-order chi connectivity index (χ1) is 9.22. The quantitative estimate of drug-likeness (QED) is 0.883. The molecular formula is C12H15N5O2. The van der Waals surface area contributed by atoms with E-state index in [9.17, 15) is 9.90 Å². The molecule has 0 aliphatic carbocycles. The lowest BCUT2D eigenvalue weighted by Gasteiger charge is -2.22. The predicted octanol–water partition coefficient (Wildman–Crippen LogP) is 0.900. The van der Waals surface area contributed by atoms with Crippen LogP contribution in [0.3, 0.4) is 0 Å². The van der Waals surface area contributed by atoms with E-state index >= 15 is 0 Å². The second kappa shape index (κ2) is 4.49. The molecule has 1 N–H and O–H groups in total. The number of anilines is 1. The monoisotopic (exact) mass is 261 g/mol. The van der Waals surface area contributed by atoms with Crippen LogP contribution in [0.25, 0.3) is 11.2 Å². The molecule has 2 aromatic rings. The highest BCUT2D eigenvalue weighted by atomic mass is 16.4. The Kier molecular flexibility index (Phi) is 2.81. The van der Waals surface area contributed by atoms with E-state index in [2.05, 4.69) is 15.0 Å². The molecule has 1 saturated heterocycles. The third kappa shape index (κ3) is 1.81. The number of rotatable bonds is 3. The van der Waals surface area contributed by atoms with E-state index in [1.807, 2.05) is 16.4 Å². The van der Waals surface area contributed by atoms with Gasteiger partial charge in [0.15, 0.2) is 17.0 Å². The predicted molar refractivity (Wildman–Crippen MR) is 69.0 cm³/mol. The highest BCUT2D eigenvalue weighted by Crippen LogP contribution is 2.28. The van der Waals surface area contributed by atoms with E-state index in [-0.39, 0.29) is 0 Å². The van der Waals surface area contributed by atoms with Gasteiger partial charge >= 0.3 is 5.97 Å². The van der Waals surface area contributed by atoms with Gasteiger partial charge in [-0.05, 0) is 19.8 Å². The highest BCUT2D eigenvalue weighted by Gasteiger charge is 2.33. The molecule has 1 aliphatic rings. The number of aromatic nitrogens is 4. The first-order valence-electron chi connectivity index (χ1n) is 6.37. The van der Waals surface area contributed by atoms with Gasteiger partial charge < -0.3 is 14.6 Å². The molecule has 0 radical (unpaired) electrons. The summed E-state index contributed by atoms with van der Waals surface area (Å²) in [6.45, 7) is 3.48. The van der Waals surface area contributed by atoms with Crippen molar-refractivity contribution in [3.8, 4) is 0 Å². The molecule has 19 heavy (non-hydrogen) atoms. The van der Waals surface area contributed by atoms with E-state index < -0.39 is 12.0 Å². The number of hydrogen-bond acceptors (Lipinski definition) is 5. The fourth-order valence-electron chi connectivity index (χ4n) is 2.59. The minimum Gasteiger partial charge on any atom is -0.480 e. The molecule has 2 aromatic heterocycles. The van der Waals surface area contributed by atoms with Crippen LogP contribution in [-0.2, 0) is 11.3 Å². The molecule has 100 valence electrons. The van der Waals surface area contributed by atoms with Crippen LogP contribution in [0.5, 0.6) is 0 Å². The van der Waals surface area contributed by atoms with Gasteiger partial charge in [-0.3, -0.25) is 0 Å². The van der Waals surface area contributed by atoms with Gasteiger partial charge in [0.25, 0.3) is 0 Å². The molecule has 1 atom stereocenters. The SMILES string of the molecule is CCn1cnc2c(N3CCCC3C(=O)O)ncnc21. The van der Waals surface area contributed by atoms with Crippen molar-refractivity contribution >= 4 is 23.0 Å². The van der Waals surface area contributed by atoms with Crippen molar-refractivity contribution in [3.05, 3.63) is 12.7 Å². The number of carbonyl (C=O) groups is 1. The molecule has 1 unspecified atom stereocenters. The highest BCUT2D eigenvalue weighted by molar-refractivity contribution is 5.87. The van der Waals surface area contributed by atoms with Crippen molar-refractivity contribution in [2.45, 2.75) is 32.4 Å². The first-order valence-corrected chi connectivity index (χ1v) is 6.37. The number of carboxylic acid groups (broad SMARTS) is 1.